The molecule has 1 aromatic carbocycles. The van der Waals surface area contributed by atoms with Crippen LogP contribution in [0.4, 0.5) is 5.95 Å². The van der Waals surface area contributed by atoms with Crippen molar-refractivity contribution in [2.75, 3.05) is 45.7 Å². The van der Waals surface area contributed by atoms with Gasteiger partial charge in [-0.25, -0.2) is 9.97 Å². The van der Waals surface area contributed by atoms with E-state index in [-0.39, 0.29) is 11.9 Å². The van der Waals surface area contributed by atoms with E-state index >= 15 is 0 Å². The lowest BCUT2D eigenvalue weighted by Gasteiger charge is -2.45. The van der Waals surface area contributed by atoms with Gasteiger partial charge >= 0.3 is 0 Å². The normalized spacial score (nSPS) is 24.2. The van der Waals surface area contributed by atoms with Crippen LogP contribution in [-0.2, 0) is 11.3 Å². The van der Waals surface area contributed by atoms with Crippen molar-refractivity contribution in [3.63, 3.8) is 0 Å². The van der Waals surface area contributed by atoms with Crippen molar-refractivity contribution >= 4 is 11.9 Å². The molecule has 1 aromatic heterocycles. The maximum Gasteiger partial charge on any atom is 0.231 e. The van der Waals surface area contributed by atoms with Gasteiger partial charge < -0.3 is 14.5 Å². The van der Waals surface area contributed by atoms with Gasteiger partial charge in [0.25, 0.3) is 0 Å². The third-order valence-corrected chi connectivity index (χ3v) is 6.15. The number of carbonyl (C=O) groups excluding carboxylic acids is 1. The zero-order valence-corrected chi connectivity index (χ0v) is 17.4. The van der Waals surface area contributed by atoms with Gasteiger partial charge in [0.2, 0.25) is 11.9 Å². The number of aromatic nitrogens is 2. The van der Waals surface area contributed by atoms with Crippen LogP contribution < -0.4 is 9.64 Å². The average Bonchev–Trinajstić information content (AvgIpc) is 3.12. The third-order valence-electron chi connectivity index (χ3n) is 6.15. The lowest BCUT2D eigenvalue weighted by atomic mass is 9.74. The number of anilines is 1. The van der Waals surface area contributed by atoms with E-state index in [2.05, 4.69) is 31.9 Å². The molecular formula is C22H29N5O2. The van der Waals surface area contributed by atoms with Gasteiger partial charge in [-0.3, -0.25) is 9.69 Å². The molecule has 0 spiro atoms. The van der Waals surface area contributed by atoms with E-state index in [0.29, 0.717) is 0 Å². The Morgan fingerprint density at radius 1 is 1.28 bits per heavy atom. The molecule has 0 radical (unpaired) electrons. The summed E-state index contributed by atoms with van der Waals surface area (Å²) in [6, 6.07) is 10.1. The first-order valence-corrected chi connectivity index (χ1v) is 10.1. The summed E-state index contributed by atoms with van der Waals surface area (Å²) in [6.45, 7) is 3.23. The highest BCUT2D eigenvalue weighted by Gasteiger charge is 2.56. The molecule has 0 unspecified atom stereocenters. The number of benzene rings is 1. The zero-order valence-electron chi connectivity index (χ0n) is 17.4. The smallest absolute Gasteiger partial charge is 0.231 e. The Labute approximate surface area is 172 Å². The number of piperidine rings is 1. The number of carbonyl (C=O) groups is 1. The number of methoxy groups -OCH3 is 1. The minimum absolute atomic E-state index is 0.0687. The first kappa shape index (κ1) is 19.6. The maximum absolute atomic E-state index is 13.4. The van der Waals surface area contributed by atoms with Gasteiger partial charge in [0.05, 0.1) is 18.6 Å². The summed E-state index contributed by atoms with van der Waals surface area (Å²) in [4.78, 5) is 28.7. The monoisotopic (exact) mass is 395 g/mol. The maximum atomic E-state index is 13.4. The van der Waals surface area contributed by atoms with Gasteiger partial charge in [-0.1, -0.05) is 12.1 Å². The van der Waals surface area contributed by atoms with Crippen LogP contribution in [0.1, 0.15) is 18.4 Å². The minimum atomic E-state index is -0.431. The molecule has 2 aliphatic rings. The van der Waals surface area contributed by atoms with E-state index in [0.717, 1.165) is 50.7 Å². The number of likely N-dealkylation sites (tertiary alicyclic amines) is 1. The largest absolute Gasteiger partial charge is 0.497 e. The number of hydrogen-bond donors (Lipinski definition) is 0. The predicted octanol–water partition coefficient (Wildman–Crippen LogP) is 2.04. The first-order valence-electron chi connectivity index (χ1n) is 10.1. The van der Waals surface area contributed by atoms with Gasteiger partial charge in [-0.2, -0.15) is 0 Å². The molecular weight excluding hydrogens is 366 g/mol. The SMILES string of the molecule is COc1cccc(CN2C[C@H]3N(c4ncccn4)CCC[C@@]3(C(=O)N(C)C)C2)c1. The van der Waals surface area contributed by atoms with E-state index in [1.807, 2.05) is 32.3 Å². The second kappa shape index (κ2) is 7.99. The number of fused-ring (bicyclic) bond motifs is 1. The van der Waals surface area contributed by atoms with E-state index in [1.165, 1.54) is 5.56 Å². The molecule has 0 N–H and O–H groups in total. The molecule has 0 bridgehead atoms. The summed E-state index contributed by atoms with van der Waals surface area (Å²) < 4.78 is 5.37. The van der Waals surface area contributed by atoms with Crippen LogP contribution in [0.25, 0.3) is 0 Å². The van der Waals surface area contributed by atoms with Crippen LogP contribution >= 0.6 is 0 Å². The molecule has 2 aliphatic heterocycles. The number of hydrogen-bond acceptors (Lipinski definition) is 6. The first-order chi connectivity index (χ1) is 14.0. The van der Waals surface area contributed by atoms with Gasteiger partial charge in [0, 0.05) is 52.7 Å². The van der Waals surface area contributed by atoms with Crippen molar-refractivity contribution in [3.05, 3.63) is 48.3 Å². The second-order valence-electron chi connectivity index (χ2n) is 8.24. The highest BCUT2D eigenvalue weighted by atomic mass is 16.5. The molecule has 4 rings (SSSR count). The summed E-state index contributed by atoms with van der Waals surface area (Å²) in [6.07, 6.45) is 5.40. The van der Waals surface area contributed by atoms with E-state index in [9.17, 15) is 4.79 Å². The molecule has 2 atom stereocenters. The molecule has 1 amide bonds. The van der Waals surface area contributed by atoms with Gasteiger partial charge in [-0.05, 0) is 36.6 Å². The fraction of sp³-hybridized carbons (Fsp3) is 0.500. The molecule has 7 nitrogen and oxygen atoms in total. The number of ether oxygens (including phenoxy) is 1. The van der Waals surface area contributed by atoms with Gasteiger partial charge in [-0.15, -0.1) is 0 Å². The fourth-order valence-electron chi connectivity index (χ4n) is 4.94. The summed E-state index contributed by atoms with van der Waals surface area (Å²) in [5.41, 5.74) is 0.762. The van der Waals surface area contributed by atoms with Crippen molar-refractivity contribution in [3.8, 4) is 5.75 Å². The molecule has 2 aromatic rings. The Morgan fingerprint density at radius 2 is 2.07 bits per heavy atom. The molecule has 2 fully saturated rings. The van der Waals surface area contributed by atoms with Crippen LogP contribution in [0.3, 0.4) is 0 Å². The van der Waals surface area contributed by atoms with Gasteiger partial charge in [0.1, 0.15) is 5.75 Å². The third kappa shape index (κ3) is 3.67. The molecule has 3 heterocycles. The van der Waals surface area contributed by atoms with E-state index in [1.54, 1.807) is 24.4 Å². The Balaban J connectivity index is 1.64. The summed E-state index contributed by atoms with van der Waals surface area (Å²) in [5, 5.41) is 0. The lowest BCUT2D eigenvalue weighted by Crippen LogP contribution is -2.58. The van der Waals surface area contributed by atoms with Crippen molar-refractivity contribution in [2.24, 2.45) is 5.41 Å². The minimum Gasteiger partial charge on any atom is -0.497 e. The highest BCUT2D eigenvalue weighted by molar-refractivity contribution is 5.85. The fourth-order valence-corrected chi connectivity index (χ4v) is 4.94. The van der Waals surface area contributed by atoms with E-state index < -0.39 is 5.41 Å². The van der Waals surface area contributed by atoms with Crippen LogP contribution in [0.15, 0.2) is 42.7 Å². The standard InChI is InChI=1S/C22H29N5O2/c1-25(2)20(28)22-9-5-12-27(21-23-10-6-11-24-21)19(22)15-26(16-22)14-17-7-4-8-18(13-17)29-3/h4,6-8,10-11,13,19H,5,9,12,14-16H2,1-3H3/t19-,22-/m1/s1. The van der Waals surface area contributed by atoms with E-state index in [4.69, 9.17) is 4.74 Å². The highest BCUT2D eigenvalue weighted by Crippen LogP contribution is 2.44. The molecule has 0 aliphatic carbocycles. The van der Waals surface area contributed by atoms with Crippen molar-refractivity contribution in [1.82, 2.24) is 19.8 Å². The molecule has 154 valence electrons. The zero-order chi connectivity index (χ0) is 20.4. The topological polar surface area (TPSA) is 61.8 Å². The Morgan fingerprint density at radius 3 is 2.79 bits per heavy atom. The lowest BCUT2D eigenvalue weighted by molar-refractivity contribution is -0.140. The Kier molecular flexibility index (Phi) is 5.41. The molecule has 0 saturated carbocycles. The van der Waals surface area contributed by atoms with Crippen LogP contribution in [0, 0.1) is 5.41 Å². The number of rotatable bonds is 5. The molecule has 2 saturated heterocycles. The second-order valence-corrected chi connectivity index (χ2v) is 8.24. The average molecular weight is 396 g/mol. The molecule has 29 heavy (non-hydrogen) atoms. The quantitative estimate of drug-likeness (QED) is 0.772. The van der Waals surface area contributed by atoms with Crippen molar-refractivity contribution in [2.45, 2.75) is 25.4 Å². The van der Waals surface area contributed by atoms with Gasteiger partial charge in [0.15, 0.2) is 0 Å². The van der Waals surface area contributed by atoms with Crippen LogP contribution in [-0.4, -0.2) is 72.6 Å². The number of nitrogens with zero attached hydrogens (tertiary/aromatic N) is 5. The van der Waals surface area contributed by atoms with Crippen LogP contribution in [0.2, 0.25) is 0 Å². The Hall–Kier alpha value is -2.67. The molecule has 7 heteroatoms. The van der Waals surface area contributed by atoms with Crippen LogP contribution in [0.5, 0.6) is 5.75 Å². The number of amides is 1. The predicted molar refractivity (Wildman–Crippen MR) is 112 cm³/mol. The summed E-state index contributed by atoms with van der Waals surface area (Å²) in [5.74, 6) is 1.78. The Bertz CT molecular complexity index is 859. The summed E-state index contributed by atoms with van der Waals surface area (Å²) >= 11 is 0. The summed E-state index contributed by atoms with van der Waals surface area (Å²) in [7, 11) is 5.40. The van der Waals surface area contributed by atoms with Crippen molar-refractivity contribution in [1.29, 1.82) is 0 Å². The van der Waals surface area contributed by atoms with Crippen molar-refractivity contribution < 1.29 is 9.53 Å².